The predicted octanol–water partition coefficient (Wildman–Crippen LogP) is 4.56. The number of ketones is 2. The number of aryl methyl sites for hydroxylation is 3. The Morgan fingerprint density at radius 3 is 1.89 bits per heavy atom. The molecule has 2 aliphatic heterocycles. The van der Waals surface area contributed by atoms with Gasteiger partial charge in [0, 0.05) is 0 Å². The fourth-order valence-electron chi connectivity index (χ4n) is 5.74. The average molecular weight is 374 g/mol. The molecule has 144 valence electrons. The number of ether oxygens (including phenoxy) is 1. The highest BCUT2D eigenvalue weighted by Gasteiger charge is 2.63. The first-order chi connectivity index (χ1) is 13.5. The molecular formula is C25H26O3. The summed E-state index contributed by atoms with van der Waals surface area (Å²) in [5, 5.41) is 0. The van der Waals surface area contributed by atoms with Crippen molar-refractivity contribution >= 4 is 11.6 Å². The molecule has 3 nitrogen and oxygen atoms in total. The minimum absolute atomic E-state index is 0.0339. The van der Waals surface area contributed by atoms with E-state index in [2.05, 4.69) is 43.3 Å². The Kier molecular flexibility index (Phi) is 4.06. The highest BCUT2D eigenvalue weighted by Crippen LogP contribution is 2.53. The van der Waals surface area contributed by atoms with Gasteiger partial charge >= 0.3 is 0 Å². The molecule has 0 spiro atoms. The van der Waals surface area contributed by atoms with Crippen molar-refractivity contribution in [1.82, 2.24) is 0 Å². The number of carbonyl (C=O) groups excluding carboxylic acids is 2. The van der Waals surface area contributed by atoms with Crippen LogP contribution in [0.25, 0.3) is 11.1 Å². The molecule has 28 heavy (non-hydrogen) atoms. The standard InChI is InChI=1S/C25H26O3/c1-4-15-5-7-16(8-6-15)17-11-13(2)20(14(3)12-17)23-24(26)21-18-9-10-19(28-18)22(21)25(23)27/h5-8,11-12,18-19,21-23H,4,9-10H2,1-3H3/t18-,19+,21-,22+,23?. The highest BCUT2D eigenvalue weighted by molar-refractivity contribution is 6.17. The fraction of sp³-hybridized carbons (Fsp3) is 0.440. The summed E-state index contributed by atoms with van der Waals surface area (Å²) in [5.41, 5.74) is 6.63. The first kappa shape index (κ1) is 17.8. The summed E-state index contributed by atoms with van der Waals surface area (Å²) in [6, 6.07) is 12.9. The second kappa shape index (κ2) is 6.38. The third-order valence-electron chi connectivity index (χ3n) is 7.08. The van der Waals surface area contributed by atoms with Crippen LogP contribution in [0.15, 0.2) is 36.4 Å². The Hall–Kier alpha value is -2.26. The molecule has 5 atom stereocenters. The molecule has 1 saturated carbocycles. The molecule has 3 heteroatoms. The van der Waals surface area contributed by atoms with E-state index in [9.17, 15) is 9.59 Å². The van der Waals surface area contributed by atoms with Crippen molar-refractivity contribution in [1.29, 1.82) is 0 Å². The molecule has 3 aliphatic rings. The zero-order valence-electron chi connectivity index (χ0n) is 16.7. The third-order valence-corrected chi connectivity index (χ3v) is 7.08. The largest absolute Gasteiger partial charge is 0.373 e. The Bertz CT molecular complexity index is 921. The number of hydrogen-bond donors (Lipinski definition) is 0. The normalized spacial score (nSPS) is 30.9. The molecule has 2 heterocycles. The molecule has 3 fully saturated rings. The van der Waals surface area contributed by atoms with E-state index in [4.69, 9.17) is 4.74 Å². The lowest BCUT2D eigenvalue weighted by atomic mass is 9.81. The molecular weight excluding hydrogens is 348 g/mol. The number of carbonyl (C=O) groups is 2. The van der Waals surface area contributed by atoms with E-state index in [-0.39, 0.29) is 35.6 Å². The first-order valence-corrected chi connectivity index (χ1v) is 10.4. The lowest BCUT2D eigenvalue weighted by molar-refractivity contribution is -0.127. The van der Waals surface area contributed by atoms with Crippen molar-refractivity contribution in [2.24, 2.45) is 11.8 Å². The van der Waals surface area contributed by atoms with Crippen molar-refractivity contribution in [2.75, 3.05) is 0 Å². The van der Waals surface area contributed by atoms with Crippen molar-refractivity contribution in [3.05, 3.63) is 58.7 Å². The molecule has 2 bridgehead atoms. The van der Waals surface area contributed by atoms with Gasteiger partial charge in [-0.15, -0.1) is 0 Å². The van der Waals surface area contributed by atoms with Crippen molar-refractivity contribution < 1.29 is 14.3 Å². The van der Waals surface area contributed by atoms with Gasteiger partial charge in [-0.05, 0) is 66.5 Å². The molecule has 0 radical (unpaired) electrons. The molecule has 2 aromatic carbocycles. The summed E-state index contributed by atoms with van der Waals surface area (Å²) in [5.74, 6) is -0.840. The summed E-state index contributed by atoms with van der Waals surface area (Å²) in [6.45, 7) is 6.22. The SMILES string of the molecule is CCc1ccc(-c2cc(C)c(C3C(=O)[C@@H]4[C@H](C3=O)[C@H]3CC[C@@H]4O3)c(C)c2)cc1. The van der Waals surface area contributed by atoms with Crippen molar-refractivity contribution in [2.45, 2.75) is 58.2 Å². The number of hydrogen-bond acceptors (Lipinski definition) is 3. The minimum atomic E-state index is -0.599. The van der Waals surface area contributed by atoms with Crippen LogP contribution in [0.5, 0.6) is 0 Å². The van der Waals surface area contributed by atoms with Crippen LogP contribution in [0.2, 0.25) is 0 Å². The second-order valence-corrected chi connectivity index (χ2v) is 8.65. The van der Waals surface area contributed by atoms with E-state index in [1.165, 1.54) is 11.1 Å². The topological polar surface area (TPSA) is 43.4 Å². The number of Topliss-reactive ketones (excluding diaryl/α,β-unsaturated/α-hetero) is 2. The highest BCUT2D eigenvalue weighted by atomic mass is 16.5. The van der Waals surface area contributed by atoms with E-state index >= 15 is 0 Å². The molecule has 0 N–H and O–H groups in total. The van der Waals surface area contributed by atoms with Gasteiger partial charge in [0.2, 0.25) is 0 Å². The molecule has 5 rings (SSSR count). The van der Waals surface area contributed by atoms with Crippen LogP contribution >= 0.6 is 0 Å². The fourth-order valence-corrected chi connectivity index (χ4v) is 5.74. The quantitative estimate of drug-likeness (QED) is 0.740. The summed E-state index contributed by atoms with van der Waals surface area (Å²) in [4.78, 5) is 26.4. The maximum absolute atomic E-state index is 13.2. The molecule has 0 amide bonds. The Morgan fingerprint density at radius 2 is 1.39 bits per heavy atom. The van der Waals surface area contributed by atoms with Gasteiger partial charge in [-0.1, -0.05) is 43.3 Å². The number of benzene rings is 2. The lowest BCUT2D eigenvalue weighted by Crippen LogP contribution is -2.29. The lowest BCUT2D eigenvalue weighted by Gasteiger charge is -2.19. The first-order valence-electron chi connectivity index (χ1n) is 10.4. The van der Waals surface area contributed by atoms with Gasteiger partial charge < -0.3 is 4.74 Å². The predicted molar refractivity (Wildman–Crippen MR) is 108 cm³/mol. The minimum Gasteiger partial charge on any atom is -0.373 e. The molecule has 1 aliphatic carbocycles. The Balaban J connectivity index is 1.52. The Labute approximate surface area is 166 Å². The molecule has 2 aromatic rings. The van der Waals surface area contributed by atoms with Crippen LogP contribution in [0, 0.1) is 25.7 Å². The zero-order chi connectivity index (χ0) is 19.6. The summed E-state index contributed by atoms with van der Waals surface area (Å²) >= 11 is 0. The number of rotatable bonds is 3. The zero-order valence-corrected chi connectivity index (χ0v) is 16.7. The van der Waals surface area contributed by atoms with Crippen molar-refractivity contribution in [3.63, 3.8) is 0 Å². The van der Waals surface area contributed by atoms with E-state index < -0.39 is 5.92 Å². The van der Waals surface area contributed by atoms with Gasteiger partial charge in [0.1, 0.15) is 5.92 Å². The van der Waals surface area contributed by atoms with E-state index in [1.807, 2.05) is 13.8 Å². The van der Waals surface area contributed by atoms with Gasteiger partial charge in [-0.25, -0.2) is 0 Å². The summed E-state index contributed by atoms with van der Waals surface area (Å²) in [6.07, 6.45) is 2.80. The van der Waals surface area contributed by atoms with Crippen LogP contribution in [0.3, 0.4) is 0 Å². The van der Waals surface area contributed by atoms with E-state index in [0.29, 0.717) is 0 Å². The van der Waals surface area contributed by atoms with Gasteiger partial charge in [0.25, 0.3) is 0 Å². The molecule has 1 unspecified atom stereocenters. The smallest absolute Gasteiger partial charge is 0.154 e. The van der Waals surface area contributed by atoms with Crippen LogP contribution in [0.1, 0.15) is 47.9 Å². The van der Waals surface area contributed by atoms with Crippen LogP contribution < -0.4 is 0 Å². The maximum Gasteiger partial charge on any atom is 0.154 e. The summed E-state index contributed by atoms with van der Waals surface area (Å²) < 4.78 is 5.88. The third kappa shape index (κ3) is 2.45. The second-order valence-electron chi connectivity index (χ2n) is 8.65. The summed E-state index contributed by atoms with van der Waals surface area (Å²) in [7, 11) is 0. The van der Waals surface area contributed by atoms with Crippen LogP contribution in [-0.4, -0.2) is 23.8 Å². The van der Waals surface area contributed by atoms with Crippen molar-refractivity contribution in [3.8, 4) is 11.1 Å². The van der Waals surface area contributed by atoms with E-state index in [0.717, 1.165) is 41.5 Å². The van der Waals surface area contributed by atoms with E-state index in [1.54, 1.807) is 0 Å². The van der Waals surface area contributed by atoms with Crippen LogP contribution in [-0.2, 0) is 20.7 Å². The molecule has 2 saturated heterocycles. The van der Waals surface area contributed by atoms with Gasteiger partial charge in [-0.3, -0.25) is 9.59 Å². The number of fused-ring (bicyclic) bond motifs is 5. The molecule has 0 aromatic heterocycles. The Morgan fingerprint density at radius 1 is 0.857 bits per heavy atom. The monoisotopic (exact) mass is 374 g/mol. The van der Waals surface area contributed by atoms with Crippen LogP contribution in [0.4, 0.5) is 0 Å². The average Bonchev–Trinajstić information content (AvgIpc) is 3.37. The van der Waals surface area contributed by atoms with Gasteiger partial charge in [-0.2, -0.15) is 0 Å². The van der Waals surface area contributed by atoms with Gasteiger partial charge in [0.15, 0.2) is 11.6 Å². The maximum atomic E-state index is 13.2. The van der Waals surface area contributed by atoms with Gasteiger partial charge in [0.05, 0.1) is 24.0 Å².